The molecule has 0 aromatic carbocycles. The molecular weight excluding hydrogens is 376 g/mol. The van der Waals surface area contributed by atoms with Gasteiger partial charge >= 0.3 is 0 Å². The molecule has 6 N–H and O–H groups in total. The first-order valence-electron chi connectivity index (χ1n) is 9.13. The maximum Gasteiger partial charge on any atom is 0.246 e. The molecule has 3 aromatic rings. The molecule has 0 saturated carbocycles. The minimum Gasteiger partial charge on any atom is -0.494 e. The van der Waals surface area contributed by atoms with E-state index in [9.17, 15) is 20.4 Å². The lowest BCUT2D eigenvalue weighted by Crippen LogP contribution is -2.11. The number of nitrogens with two attached hydrogens (primary N) is 1. The third-order valence-electron chi connectivity index (χ3n) is 5.24. The van der Waals surface area contributed by atoms with Crippen LogP contribution in [0.25, 0.3) is 24.0 Å². The maximum absolute atomic E-state index is 10.6. The van der Waals surface area contributed by atoms with Crippen molar-refractivity contribution in [2.75, 3.05) is 5.73 Å². The van der Waals surface area contributed by atoms with Gasteiger partial charge < -0.3 is 26.2 Å². The number of fused-ring (bicyclic) bond motifs is 2. The van der Waals surface area contributed by atoms with Crippen LogP contribution < -0.4 is 5.73 Å². The Balaban J connectivity index is 1.72. The lowest BCUT2D eigenvalue weighted by Gasteiger charge is -2.10. The zero-order valence-corrected chi connectivity index (χ0v) is 15.2. The summed E-state index contributed by atoms with van der Waals surface area (Å²) in [6.07, 6.45) is 9.82. The summed E-state index contributed by atoms with van der Waals surface area (Å²) in [7, 11) is 0. The second-order valence-corrected chi connectivity index (χ2v) is 6.93. The lowest BCUT2D eigenvalue weighted by atomic mass is 10.0. The molecule has 10 heteroatoms. The first-order valence-corrected chi connectivity index (χ1v) is 9.13. The van der Waals surface area contributed by atoms with Crippen molar-refractivity contribution in [3.8, 4) is 35.4 Å². The summed E-state index contributed by atoms with van der Waals surface area (Å²) in [6, 6.07) is 0. The highest BCUT2D eigenvalue weighted by Gasteiger charge is 2.28. The minimum atomic E-state index is -0.229. The minimum absolute atomic E-state index is 0.133. The van der Waals surface area contributed by atoms with E-state index in [0.717, 1.165) is 22.0 Å². The zero-order chi connectivity index (χ0) is 20.3. The number of anilines is 1. The normalized spacial score (nSPS) is 14.8. The first kappa shape index (κ1) is 17.2. The van der Waals surface area contributed by atoms with Gasteiger partial charge in [0.05, 0.1) is 0 Å². The van der Waals surface area contributed by atoms with Crippen molar-refractivity contribution in [3.63, 3.8) is 0 Å². The van der Waals surface area contributed by atoms with Gasteiger partial charge in [0.15, 0.2) is 0 Å². The zero-order valence-electron chi connectivity index (χ0n) is 15.2. The molecule has 0 atom stereocenters. The molecule has 29 heavy (non-hydrogen) atoms. The van der Waals surface area contributed by atoms with Gasteiger partial charge in [-0.15, -0.1) is 0 Å². The van der Waals surface area contributed by atoms with Crippen LogP contribution >= 0.6 is 0 Å². The number of hydrogen-bond acceptors (Lipinski definition) is 8. The van der Waals surface area contributed by atoms with Crippen LogP contribution in [0.15, 0.2) is 12.2 Å². The number of aromatic nitrogens is 5. The highest BCUT2D eigenvalue weighted by molar-refractivity contribution is 5.68. The van der Waals surface area contributed by atoms with Crippen LogP contribution in [0.4, 0.5) is 5.95 Å². The van der Waals surface area contributed by atoms with Gasteiger partial charge in [-0.25, -0.2) is 9.13 Å². The molecule has 3 aromatic heterocycles. The van der Waals surface area contributed by atoms with E-state index < -0.39 is 0 Å². The summed E-state index contributed by atoms with van der Waals surface area (Å²) < 4.78 is 2.14. The van der Waals surface area contributed by atoms with Crippen LogP contribution in [0.1, 0.15) is 35.1 Å². The number of nitrogen functional groups attached to an aromatic ring is 1. The van der Waals surface area contributed by atoms with Gasteiger partial charge in [-0.2, -0.15) is 15.0 Å². The topological polar surface area (TPSA) is 155 Å². The molecular formula is C19H18N6O4. The fourth-order valence-corrected chi connectivity index (χ4v) is 3.87. The fourth-order valence-electron chi connectivity index (χ4n) is 3.87. The van der Waals surface area contributed by atoms with E-state index in [1.807, 2.05) is 12.2 Å². The van der Waals surface area contributed by atoms with E-state index in [-0.39, 0.29) is 41.4 Å². The van der Waals surface area contributed by atoms with Gasteiger partial charge in [-0.1, -0.05) is 24.3 Å². The number of aromatic hydroxyl groups is 4. The predicted octanol–water partition coefficient (Wildman–Crippen LogP) is 1.78. The standard InChI is InChI=1S/C19H18N6O4/c20-17-21-18(24-13(26)9-5-1-2-6-10(9)14(24)27)23-19(22-17)25-15(28)11-7-3-4-8-12(11)16(25)29/h1,3,5,7,26-29H,2,4,6,8H2,(H2,20,21,22,23). The molecule has 0 radical (unpaired) electrons. The molecule has 3 heterocycles. The van der Waals surface area contributed by atoms with Crippen molar-refractivity contribution in [1.82, 2.24) is 24.1 Å². The Hall–Kier alpha value is -3.95. The summed E-state index contributed by atoms with van der Waals surface area (Å²) in [5, 5.41) is 42.4. The monoisotopic (exact) mass is 394 g/mol. The van der Waals surface area contributed by atoms with Gasteiger partial charge in [0.25, 0.3) is 0 Å². The summed E-state index contributed by atoms with van der Waals surface area (Å²) in [5.74, 6) is -1.31. The van der Waals surface area contributed by atoms with E-state index in [0.29, 0.717) is 35.1 Å². The Kier molecular flexibility index (Phi) is 3.57. The largest absolute Gasteiger partial charge is 0.494 e. The third-order valence-corrected chi connectivity index (χ3v) is 5.24. The van der Waals surface area contributed by atoms with E-state index in [2.05, 4.69) is 15.0 Å². The maximum atomic E-state index is 10.6. The van der Waals surface area contributed by atoms with Crippen LogP contribution in [0.2, 0.25) is 0 Å². The van der Waals surface area contributed by atoms with Crippen molar-refractivity contribution in [1.29, 1.82) is 0 Å². The van der Waals surface area contributed by atoms with Gasteiger partial charge in [-0.3, -0.25) is 0 Å². The van der Waals surface area contributed by atoms with Gasteiger partial charge in [0.2, 0.25) is 41.4 Å². The quantitative estimate of drug-likeness (QED) is 0.440. The van der Waals surface area contributed by atoms with Crippen molar-refractivity contribution in [2.24, 2.45) is 0 Å². The summed E-state index contributed by atoms with van der Waals surface area (Å²) >= 11 is 0. The van der Waals surface area contributed by atoms with Crippen LogP contribution in [0, 0.1) is 0 Å². The average molecular weight is 394 g/mol. The van der Waals surface area contributed by atoms with E-state index in [4.69, 9.17) is 5.73 Å². The lowest BCUT2D eigenvalue weighted by molar-refractivity contribution is 0.392. The summed E-state index contributed by atoms with van der Waals surface area (Å²) in [5.41, 5.74) is 7.97. The van der Waals surface area contributed by atoms with E-state index >= 15 is 0 Å². The average Bonchev–Trinajstić information content (AvgIpc) is 3.13. The van der Waals surface area contributed by atoms with Crippen molar-refractivity contribution in [3.05, 3.63) is 34.4 Å². The molecule has 5 rings (SSSR count). The van der Waals surface area contributed by atoms with Crippen LogP contribution in [0.5, 0.6) is 23.5 Å². The highest BCUT2D eigenvalue weighted by Crippen LogP contribution is 2.41. The number of nitrogens with zero attached hydrogens (tertiary/aromatic N) is 5. The van der Waals surface area contributed by atoms with Crippen LogP contribution in [-0.4, -0.2) is 44.5 Å². The fraction of sp³-hybridized carbons (Fsp3) is 0.211. The smallest absolute Gasteiger partial charge is 0.246 e. The Bertz CT molecular complexity index is 1130. The van der Waals surface area contributed by atoms with E-state index in [1.165, 1.54) is 0 Å². The van der Waals surface area contributed by atoms with Crippen LogP contribution in [-0.2, 0) is 12.8 Å². The summed E-state index contributed by atoms with van der Waals surface area (Å²) in [4.78, 5) is 12.3. The molecule has 10 nitrogen and oxygen atoms in total. The van der Waals surface area contributed by atoms with Gasteiger partial charge in [0.1, 0.15) is 0 Å². The summed E-state index contributed by atoms with van der Waals surface area (Å²) in [6.45, 7) is 0. The number of hydrogen-bond donors (Lipinski definition) is 5. The predicted molar refractivity (Wildman–Crippen MR) is 104 cm³/mol. The molecule has 2 aliphatic carbocycles. The Morgan fingerprint density at radius 3 is 1.55 bits per heavy atom. The molecule has 0 saturated heterocycles. The number of allylic oxidation sites excluding steroid dienone is 2. The van der Waals surface area contributed by atoms with Gasteiger partial charge in [0, 0.05) is 22.3 Å². The molecule has 2 aliphatic rings. The molecule has 148 valence electrons. The van der Waals surface area contributed by atoms with Gasteiger partial charge in [-0.05, 0) is 25.7 Å². The second kappa shape index (κ2) is 6.03. The third kappa shape index (κ3) is 2.38. The second-order valence-electron chi connectivity index (χ2n) is 6.93. The Morgan fingerprint density at radius 1 is 0.690 bits per heavy atom. The molecule has 0 unspecified atom stereocenters. The van der Waals surface area contributed by atoms with Crippen molar-refractivity contribution >= 4 is 18.1 Å². The van der Waals surface area contributed by atoms with Crippen LogP contribution in [0.3, 0.4) is 0 Å². The molecule has 0 amide bonds. The van der Waals surface area contributed by atoms with E-state index in [1.54, 1.807) is 12.2 Å². The van der Waals surface area contributed by atoms with Crippen molar-refractivity contribution < 1.29 is 20.4 Å². The molecule has 0 bridgehead atoms. The SMILES string of the molecule is Nc1nc(-n2c(O)c3c(c2O)CCC=C3)nc(-n2c(O)c3c(c2O)CCC=C3)n1. The first-order chi connectivity index (χ1) is 14.0. The number of rotatable bonds is 2. The molecule has 0 fully saturated rings. The van der Waals surface area contributed by atoms with Crippen molar-refractivity contribution in [2.45, 2.75) is 25.7 Å². The molecule has 0 aliphatic heterocycles. The Morgan fingerprint density at radius 2 is 1.14 bits per heavy atom. The molecule has 0 spiro atoms. The highest BCUT2D eigenvalue weighted by atomic mass is 16.3. The Labute approximate surface area is 164 Å².